The van der Waals surface area contributed by atoms with Gasteiger partial charge in [0.25, 0.3) is 0 Å². The van der Waals surface area contributed by atoms with Crippen LogP contribution in [-0.2, 0) is 0 Å². The molecule has 34 valence electrons. The molecule has 0 atom stereocenters. The zero-order valence-corrected chi connectivity index (χ0v) is 4.20. The van der Waals surface area contributed by atoms with Crippen molar-refractivity contribution in [2.75, 3.05) is 0 Å². The lowest BCUT2D eigenvalue weighted by atomic mass is 10.4. The third-order valence-corrected chi connectivity index (χ3v) is 0.493. The predicted octanol–water partition coefficient (Wildman–Crippen LogP) is 1.98. The first kappa shape index (κ1) is 5.74. The van der Waals surface area contributed by atoms with E-state index in [-0.39, 0.29) is 0 Å². The van der Waals surface area contributed by atoms with Crippen molar-refractivity contribution in [1.82, 2.24) is 0 Å². The Morgan fingerprint density at radius 2 is 2.50 bits per heavy atom. The van der Waals surface area contributed by atoms with Crippen molar-refractivity contribution >= 4 is 0 Å². The molecule has 0 aromatic carbocycles. The fourth-order valence-corrected chi connectivity index (χ4v) is 0.246. The van der Waals surface area contributed by atoms with Crippen LogP contribution in [0.3, 0.4) is 0 Å². The standard InChI is InChI=1S/C6H10/c1-3-5-6-4-2/h6H,1,3-4H2,2H3. The quantitative estimate of drug-likeness (QED) is 0.478. The first-order valence-corrected chi connectivity index (χ1v) is 2.26. The van der Waals surface area contributed by atoms with E-state index in [0.717, 1.165) is 12.8 Å². The van der Waals surface area contributed by atoms with E-state index in [9.17, 15) is 0 Å². The van der Waals surface area contributed by atoms with Gasteiger partial charge in [-0.2, -0.15) is 0 Å². The van der Waals surface area contributed by atoms with Crippen LogP contribution >= 0.6 is 0 Å². The number of rotatable bonds is 2. The van der Waals surface area contributed by atoms with Gasteiger partial charge < -0.3 is 0 Å². The monoisotopic (exact) mass is 82.1 g/mol. The molecule has 0 heterocycles. The van der Waals surface area contributed by atoms with E-state index in [4.69, 9.17) is 0 Å². The average molecular weight is 82.1 g/mol. The van der Waals surface area contributed by atoms with Crippen LogP contribution in [-0.4, -0.2) is 0 Å². The van der Waals surface area contributed by atoms with Gasteiger partial charge in [0.15, 0.2) is 0 Å². The summed E-state index contributed by atoms with van der Waals surface area (Å²) in [4.78, 5) is 0. The van der Waals surface area contributed by atoms with Crippen molar-refractivity contribution < 1.29 is 0 Å². The maximum Gasteiger partial charge on any atom is -0.0279 e. The average Bonchev–Trinajstić information content (AvgIpc) is 1.61. The van der Waals surface area contributed by atoms with Gasteiger partial charge in [0, 0.05) is 0 Å². The van der Waals surface area contributed by atoms with E-state index < -0.39 is 0 Å². The van der Waals surface area contributed by atoms with Gasteiger partial charge in [-0.1, -0.05) is 13.0 Å². The number of hydrogen-bond acceptors (Lipinski definition) is 0. The van der Waals surface area contributed by atoms with Crippen LogP contribution in [0.25, 0.3) is 0 Å². The maximum absolute atomic E-state index is 3.58. The summed E-state index contributed by atoms with van der Waals surface area (Å²) in [6.45, 7) is 5.67. The topological polar surface area (TPSA) is 0 Å². The smallest absolute Gasteiger partial charge is 0.0279 e. The first-order chi connectivity index (χ1) is 2.91. The summed E-state index contributed by atoms with van der Waals surface area (Å²) in [6, 6.07) is 0. The van der Waals surface area contributed by atoms with Gasteiger partial charge in [-0.3, -0.25) is 0 Å². The summed E-state index contributed by atoms with van der Waals surface area (Å²) in [6.07, 6.45) is 6.83. The van der Waals surface area contributed by atoms with Crippen molar-refractivity contribution in [2.45, 2.75) is 19.8 Å². The molecule has 0 aliphatic heterocycles. The van der Waals surface area contributed by atoms with Gasteiger partial charge in [-0.05, 0) is 25.8 Å². The van der Waals surface area contributed by atoms with Gasteiger partial charge in [-0.15, -0.1) is 0 Å². The summed E-state index contributed by atoms with van der Waals surface area (Å²) in [5.41, 5.74) is 0. The summed E-state index contributed by atoms with van der Waals surface area (Å²) in [5.74, 6) is 0. The van der Waals surface area contributed by atoms with Crippen LogP contribution < -0.4 is 0 Å². The highest BCUT2D eigenvalue weighted by Crippen LogP contribution is 1.79. The van der Waals surface area contributed by atoms with Crippen LogP contribution in [0.15, 0.2) is 6.08 Å². The molecule has 2 radical (unpaired) electrons. The molecule has 0 rings (SSSR count). The fourth-order valence-electron chi connectivity index (χ4n) is 0.246. The van der Waals surface area contributed by atoms with E-state index in [2.05, 4.69) is 19.9 Å². The van der Waals surface area contributed by atoms with Crippen molar-refractivity contribution in [3.05, 3.63) is 19.1 Å². The van der Waals surface area contributed by atoms with Crippen LogP contribution in [0.5, 0.6) is 0 Å². The molecule has 0 bridgehead atoms. The molecule has 0 aromatic heterocycles. The molecular weight excluding hydrogens is 72.1 g/mol. The Morgan fingerprint density at radius 1 is 1.83 bits per heavy atom. The minimum Gasteiger partial charge on any atom is -0.0813 e. The zero-order chi connectivity index (χ0) is 4.83. The Morgan fingerprint density at radius 3 is 2.67 bits per heavy atom. The Bertz CT molecular complexity index is 29.3. The van der Waals surface area contributed by atoms with Gasteiger partial charge in [-0.25, -0.2) is 0 Å². The third-order valence-electron chi connectivity index (χ3n) is 0.493. The van der Waals surface area contributed by atoms with E-state index in [1.807, 2.05) is 6.08 Å². The maximum atomic E-state index is 3.58. The van der Waals surface area contributed by atoms with Gasteiger partial charge >= 0.3 is 0 Å². The lowest BCUT2D eigenvalue weighted by molar-refractivity contribution is 1.18. The number of hydrogen-bond donors (Lipinski definition) is 0. The van der Waals surface area contributed by atoms with E-state index >= 15 is 0 Å². The van der Waals surface area contributed by atoms with Crippen LogP contribution in [0.2, 0.25) is 0 Å². The molecule has 0 saturated carbocycles. The SMILES string of the molecule is [CH2]C/[C]=C/CC. The highest BCUT2D eigenvalue weighted by atomic mass is 13.7. The van der Waals surface area contributed by atoms with Crippen molar-refractivity contribution in [3.63, 3.8) is 0 Å². The minimum atomic E-state index is 0.799. The molecule has 0 saturated heterocycles. The van der Waals surface area contributed by atoms with Gasteiger partial charge in [0.1, 0.15) is 0 Å². The molecular formula is C6H10. The molecule has 6 heavy (non-hydrogen) atoms. The Hall–Kier alpha value is -0.260. The summed E-state index contributed by atoms with van der Waals surface area (Å²) >= 11 is 0. The van der Waals surface area contributed by atoms with Crippen LogP contribution in [0.4, 0.5) is 0 Å². The molecule has 0 unspecified atom stereocenters. The van der Waals surface area contributed by atoms with E-state index in [1.165, 1.54) is 0 Å². The molecule has 0 aromatic rings. The second kappa shape index (κ2) is 4.74. The van der Waals surface area contributed by atoms with Gasteiger partial charge in [0.2, 0.25) is 0 Å². The predicted molar refractivity (Wildman–Crippen MR) is 28.1 cm³/mol. The van der Waals surface area contributed by atoms with Crippen LogP contribution in [0.1, 0.15) is 19.8 Å². The second-order valence-electron chi connectivity index (χ2n) is 1.07. The third kappa shape index (κ3) is 3.74. The van der Waals surface area contributed by atoms with Gasteiger partial charge in [0.05, 0.1) is 0 Å². The molecule has 0 N–H and O–H groups in total. The normalized spacial score (nSPS) is 10.3. The Labute approximate surface area is 39.9 Å². The zero-order valence-electron chi connectivity index (χ0n) is 4.20. The molecule has 0 nitrogen and oxygen atoms in total. The van der Waals surface area contributed by atoms with Crippen LogP contribution in [0, 0.1) is 13.0 Å². The highest BCUT2D eigenvalue weighted by Gasteiger charge is 1.61. The van der Waals surface area contributed by atoms with E-state index in [0.29, 0.717) is 0 Å². The molecule has 0 heteroatoms. The molecule has 0 aliphatic carbocycles. The fraction of sp³-hybridized carbons (Fsp3) is 0.500. The first-order valence-electron chi connectivity index (χ1n) is 2.26. The van der Waals surface area contributed by atoms with Crippen molar-refractivity contribution in [3.8, 4) is 0 Å². The van der Waals surface area contributed by atoms with Crippen molar-refractivity contribution in [2.24, 2.45) is 0 Å². The Balaban J connectivity index is 2.73. The minimum absolute atomic E-state index is 0.799. The second-order valence-corrected chi connectivity index (χ2v) is 1.07. The van der Waals surface area contributed by atoms with E-state index in [1.54, 1.807) is 0 Å². The summed E-state index contributed by atoms with van der Waals surface area (Å²) in [5, 5.41) is 0. The lowest BCUT2D eigenvalue weighted by Gasteiger charge is -1.71. The molecule has 0 spiro atoms. The number of allylic oxidation sites excluding steroid dienone is 2. The summed E-state index contributed by atoms with van der Waals surface area (Å²) in [7, 11) is 0. The molecule has 0 fully saturated rings. The highest BCUT2D eigenvalue weighted by molar-refractivity contribution is 4.71. The lowest BCUT2D eigenvalue weighted by Crippen LogP contribution is -1.53. The largest absolute Gasteiger partial charge is 0.0813 e. The summed E-state index contributed by atoms with van der Waals surface area (Å²) < 4.78 is 0. The Kier molecular flexibility index (Phi) is 4.53. The molecule has 0 aliphatic rings. The molecule has 0 amide bonds. The van der Waals surface area contributed by atoms with Crippen molar-refractivity contribution in [1.29, 1.82) is 0 Å².